The zero-order valence-electron chi connectivity index (χ0n) is 26.1. The number of Topliss-reactive ketones (excluding diaryl/α,β-unsaturated/α-hetero) is 1. The highest BCUT2D eigenvalue weighted by molar-refractivity contribution is 6.09. The number of aromatic hydroxyl groups is 1. The normalized spacial score (nSPS) is 18.0. The molecule has 2 atom stereocenters. The van der Waals surface area contributed by atoms with Crippen LogP contribution in [0.3, 0.4) is 0 Å². The van der Waals surface area contributed by atoms with Gasteiger partial charge in [-0.2, -0.15) is 0 Å². The molecule has 0 amide bonds. The molecule has 3 aliphatic rings. The number of hydrogen-bond acceptors (Lipinski definition) is 9. The average Bonchev–Trinajstić information content (AvgIpc) is 3.60. The number of benzene rings is 2. The topological polar surface area (TPSA) is 155 Å². The van der Waals surface area contributed by atoms with Gasteiger partial charge in [0.1, 0.15) is 5.78 Å². The molecule has 2 heterocycles. The number of rotatable bonds is 16. The second-order valence-corrected chi connectivity index (χ2v) is 12.9. The van der Waals surface area contributed by atoms with Gasteiger partial charge in [-0.05, 0) is 72.4 Å². The van der Waals surface area contributed by atoms with Crippen molar-refractivity contribution in [3.63, 3.8) is 0 Å². The Kier molecular flexibility index (Phi) is 11.5. The first kappa shape index (κ1) is 32.9. The number of nitrogens with two attached hydrogens (primary N) is 2. The number of allylic oxidation sites excluding steroid dienone is 1. The fourth-order valence-corrected chi connectivity index (χ4v) is 6.59. The Labute approximate surface area is 266 Å². The summed E-state index contributed by atoms with van der Waals surface area (Å²) in [5.74, 6) is 1.03. The fourth-order valence-electron chi connectivity index (χ4n) is 6.59. The predicted molar refractivity (Wildman–Crippen MR) is 176 cm³/mol. The molecule has 0 radical (unpaired) electrons. The average molecular weight is 617 g/mol. The third-order valence-corrected chi connectivity index (χ3v) is 9.17. The maximum atomic E-state index is 12.6. The summed E-state index contributed by atoms with van der Waals surface area (Å²) in [5.41, 5.74) is 17.7. The number of ketones is 1. The smallest absolute Gasteiger partial charge is 0.163 e. The molecule has 0 saturated heterocycles. The number of fused-ring (bicyclic) bond motifs is 1. The quantitative estimate of drug-likeness (QED) is 0.169. The molecule has 0 bridgehead atoms. The molecule has 1 fully saturated rings. The van der Waals surface area contributed by atoms with Crippen LogP contribution in [-0.4, -0.2) is 57.2 Å². The van der Waals surface area contributed by atoms with Gasteiger partial charge in [0.25, 0.3) is 0 Å². The molecule has 45 heavy (non-hydrogen) atoms. The lowest BCUT2D eigenvalue weighted by atomic mass is 9.85. The number of carbonyl (C=O) groups is 1. The minimum Gasteiger partial charge on any atom is -0.504 e. The highest BCUT2D eigenvalue weighted by Crippen LogP contribution is 2.31. The largest absolute Gasteiger partial charge is 0.504 e. The van der Waals surface area contributed by atoms with Gasteiger partial charge >= 0.3 is 0 Å². The molecule has 2 aromatic carbocycles. The predicted octanol–water partition coefficient (Wildman–Crippen LogP) is 4.79. The molecule has 242 valence electrons. The zero-order chi connectivity index (χ0) is 31.8. The van der Waals surface area contributed by atoms with Gasteiger partial charge in [0.2, 0.25) is 0 Å². The number of aliphatic imine (C=N–C) groups is 1. The van der Waals surface area contributed by atoms with Crippen molar-refractivity contribution in [2.24, 2.45) is 22.4 Å². The maximum absolute atomic E-state index is 12.6. The van der Waals surface area contributed by atoms with E-state index in [0.717, 1.165) is 40.0 Å². The monoisotopic (exact) mass is 616 g/mol. The van der Waals surface area contributed by atoms with Gasteiger partial charge < -0.3 is 36.4 Å². The Morgan fingerprint density at radius 1 is 1.04 bits per heavy atom. The van der Waals surface area contributed by atoms with Gasteiger partial charge in [-0.15, -0.1) is 0 Å². The van der Waals surface area contributed by atoms with E-state index in [0.29, 0.717) is 37.5 Å². The van der Waals surface area contributed by atoms with Crippen LogP contribution in [0.25, 0.3) is 0 Å². The zero-order valence-corrected chi connectivity index (χ0v) is 26.1. The summed E-state index contributed by atoms with van der Waals surface area (Å²) in [4.78, 5) is 19.2. The Balaban J connectivity index is 1.05. The second kappa shape index (κ2) is 15.7. The molecule has 2 unspecified atom stereocenters. The van der Waals surface area contributed by atoms with Gasteiger partial charge in [-0.1, -0.05) is 62.4 Å². The van der Waals surface area contributed by atoms with E-state index >= 15 is 0 Å². The molecule has 5 rings (SSSR count). The van der Waals surface area contributed by atoms with Crippen molar-refractivity contribution in [1.82, 2.24) is 4.90 Å². The van der Waals surface area contributed by atoms with Gasteiger partial charge in [-0.3, -0.25) is 9.79 Å². The standard InChI is InChI=1S/C36H48N4O5/c37-36(38)27-8-4-7-26(15-27)16-28-20-39-33-22-40(21-32(28)33)23-45-35-17-25(11-14-34(35)44)10-13-30(42)19-31(43)18-29(41)12-9-24-5-2-1-3-6-24/h4,7-8,11,14-15,17,20-21,24,29,31,36,41,43-44H,1-3,5-6,9-10,12-13,16,18-19,22-23,37-38H2. The Morgan fingerprint density at radius 2 is 1.87 bits per heavy atom. The lowest BCUT2D eigenvalue weighted by Crippen LogP contribution is -2.23. The number of nitrogens with zero attached hydrogens (tertiary/aromatic N) is 2. The van der Waals surface area contributed by atoms with Crippen molar-refractivity contribution in [3.8, 4) is 11.5 Å². The number of aryl methyl sites for hydroxylation is 1. The van der Waals surface area contributed by atoms with Crippen LogP contribution in [0.2, 0.25) is 0 Å². The summed E-state index contributed by atoms with van der Waals surface area (Å²) in [7, 11) is 0. The summed E-state index contributed by atoms with van der Waals surface area (Å²) in [6.45, 7) is 0.841. The van der Waals surface area contributed by atoms with Crippen molar-refractivity contribution >= 4 is 11.5 Å². The van der Waals surface area contributed by atoms with Gasteiger partial charge in [0.15, 0.2) is 18.2 Å². The highest BCUT2D eigenvalue weighted by atomic mass is 16.5. The van der Waals surface area contributed by atoms with Crippen molar-refractivity contribution in [2.45, 2.75) is 95.4 Å². The molecule has 7 N–H and O–H groups in total. The van der Waals surface area contributed by atoms with Crippen LogP contribution in [-0.2, 0) is 17.6 Å². The van der Waals surface area contributed by atoms with Crippen LogP contribution < -0.4 is 16.2 Å². The highest BCUT2D eigenvalue weighted by Gasteiger charge is 2.26. The van der Waals surface area contributed by atoms with Crippen LogP contribution in [0, 0.1) is 5.92 Å². The summed E-state index contributed by atoms with van der Waals surface area (Å²) in [6, 6.07) is 13.1. The molecule has 1 aliphatic carbocycles. The van der Waals surface area contributed by atoms with E-state index in [9.17, 15) is 20.1 Å². The fraction of sp³-hybridized carbons (Fsp3) is 0.500. The lowest BCUT2D eigenvalue weighted by molar-refractivity contribution is -0.121. The SMILES string of the molecule is NC(N)c1cccc(CC2=CN=C3CN(COc4cc(CCC(=O)CC(O)CC(O)CCC5CCCCC5)ccc4O)C=C23)c1. The van der Waals surface area contributed by atoms with Crippen molar-refractivity contribution < 1.29 is 24.9 Å². The third-order valence-electron chi connectivity index (χ3n) is 9.17. The Bertz CT molecular complexity index is 1410. The molecule has 2 aromatic rings. The van der Waals surface area contributed by atoms with Crippen LogP contribution >= 0.6 is 0 Å². The number of carbonyl (C=O) groups excluding carboxylic acids is 1. The summed E-state index contributed by atoms with van der Waals surface area (Å²) < 4.78 is 5.98. The van der Waals surface area contributed by atoms with Gasteiger partial charge in [-0.25, -0.2) is 0 Å². The van der Waals surface area contributed by atoms with E-state index in [1.807, 2.05) is 35.5 Å². The first-order valence-electron chi connectivity index (χ1n) is 16.4. The van der Waals surface area contributed by atoms with E-state index in [-0.39, 0.29) is 37.5 Å². The number of aliphatic hydroxyl groups is 2. The number of hydrogen-bond donors (Lipinski definition) is 5. The molecule has 2 aliphatic heterocycles. The Hall–Kier alpha value is -3.50. The third kappa shape index (κ3) is 9.50. The van der Waals surface area contributed by atoms with E-state index in [4.69, 9.17) is 16.2 Å². The number of phenols is 1. The first-order valence-corrected chi connectivity index (χ1v) is 16.4. The molecule has 9 heteroatoms. The van der Waals surface area contributed by atoms with Gasteiger partial charge in [0, 0.05) is 30.8 Å². The number of aliphatic hydroxyl groups excluding tert-OH is 2. The first-order chi connectivity index (χ1) is 21.7. The van der Waals surface area contributed by atoms with Crippen LogP contribution in [0.15, 0.2) is 71.0 Å². The summed E-state index contributed by atoms with van der Waals surface area (Å²) >= 11 is 0. The lowest BCUT2D eigenvalue weighted by Gasteiger charge is -2.23. The van der Waals surface area contributed by atoms with E-state index in [1.165, 1.54) is 32.1 Å². The van der Waals surface area contributed by atoms with Crippen molar-refractivity contribution in [1.29, 1.82) is 0 Å². The number of phenolic OH excluding ortho intramolecular Hbond substituents is 1. The van der Waals surface area contributed by atoms with Crippen LogP contribution in [0.4, 0.5) is 0 Å². The van der Waals surface area contributed by atoms with E-state index in [2.05, 4.69) is 11.1 Å². The molecular weight excluding hydrogens is 568 g/mol. The van der Waals surface area contributed by atoms with Gasteiger partial charge in [0.05, 0.1) is 30.6 Å². The molecule has 0 aromatic heterocycles. The molecule has 0 spiro atoms. The maximum Gasteiger partial charge on any atom is 0.163 e. The minimum absolute atomic E-state index is 0.0330. The molecule has 1 saturated carbocycles. The summed E-state index contributed by atoms with van der Waals surface area (Å²) in [5, 5.41) is 31.2. The van der Waals surface area contributed by atoms with Crippen LogP contribution in [0.5, 0.6) is 11.5 Å². The minimum atomic E-state index is -0.832. The van der Waals surface area contributed by atoms with Crippen LogP contribution in [0.1, 0.15) is 87.1 Å². The van der Waals surface area contributed by atoms with Crippen molar-refractivity contribution in [3.05, 3.63) is 82.7 Å². The Morgan fingerprint density at radius 3 is 2.67 bits per heavy atom. The van der Waals surface area contributed by atoms with E-state index < -0.39 is 18.4 Å². The second-order valence-electron chi connectivity index (χ2n) is 12.9. The molecule has 9 nitrogen and oxygen atoms in total. The molecular formula is C36H48N4O5. The number of ether oxygens (including phenoxy) is 1. The summed E-state index contributed by atoms with van der Waals surface area (Å²) in [6.07, 6.45) is 11.8. The van der Waals surface area contributed by atoms with Crippen molar-refractivity contribution in [2.75, 3.05) is 13.3 Å². The van der Waals surface area contributed by atoms with E-state index in [1.54, 1.807) is 18.2 Å².